The summed E-state index contributed by atoms with van der Waals surface area (Å²) in [6.45, 7) is 7.32. The van der Waals surface area contributed by atoms with E-state index in [1.54, 1.807) is 20.8 Å². The molecule has 1 unspecified atom stereocenters. The first-order valence-corrected chi connectivity index (χ1v) is 8.30. The molecule has 0 aliphatic carbocycles. The maximum Gasteiger partial charge on any atom is 0.421 e. The summed E-state index contributed by atoms with van der Waals surface area (Å²) in [5, 5.41) is 3.17. The van der Waals surface area contributed by atoms with Gasteiger partial charge in [-0.25, -0.2) is 17.9 Å². The van der Waals surface area contributed by atoms with Gasteiger partial charge in [-0.2, -0.15) is 0 Å². The molecule has 2 saturated heterocycles. The number of amides is 1. The maximum absolute atomic E-state index is 11.9. The SMILES string of the molecule is CC(C)(C)OC(=O)NS(=O)(=O)CC1CC2(CNC2)CO1. The van der Waals surface area contributed by atoms with Crippen LogP contribution in [0.25, 0.3) is 0 Å². The van der Waals surface area contributed by atoms with Crippen molar-refractivity contribution in [2.45, 2.75) is 38.9 Å². The number of rotatable bonds is 3. The van der Waals surface area contributed by atoms with E-state index in [1.165, 1.54) is 0 Å². The van der Waals surface area contributed by atoms with E-state index >= 15 is 0 Å². The van der Waals surface area contributed by atoms with Crippen molar-refractivity contribution in [3.8, 4) is 0 Å². The van der Waals surface area contributed by atoms with Crippen LogP contribution in [0.5, 0.6) is 0 Å². The summed E-state index contributed by atoms with van der Waals surface area (Å²) < 4.78 is 36.2. The molecule has 0 aromatic carbocycles. The molecule has 2 heterocycles. The van der Waals surface area contributed by atoms with E-state index in [2.05, 4.69) is 5.32 Å². The van der Waals surface area contributed by atoms with Gasteiger partial charge in [0.05, 0.1) is 18.5 Å². The molecule has 0 radical (unpaired) electrons. The largest absolute Gasteiger partial charge is 0.443 e. The highest BCUT2D eigenvalue weighted by molar-refractivity contribution is 7.90. The molecule has 2 aliphatic rings. The lowest BCUT2D eigenvalue weighted by Gasteiger charge is -2.37. The fourth-order valence-electron chi connectivity index (χ4n) is 2.44. The molecule has 20 heavy (non-hydrogen) atoms. The molecule has 116 valence electrons. The molecule has 2 rings (SSSR count). The van der Waals surface area contributed by atoms with Gasteiger partial charge >= 0.3 is 6.09 Å². The third-order valence-corrected chi connectivity index (χ3v) is 4.62. The fraction of sp³-hybridized carbons (Fsp3) is 0.917. The van der Waals surface area contributed by atoms with Crippen LogP contribution in [-0.2, 0) is 19.5 Å². The standard InChI is InChI=1S/C12H22N2O5S/c1-11(2,3)19-10(15)14-20(16,17)5-9-4-12(8-18-9)6-13-7-12/h9,13H,4-8H2,1-3H3,(H,14,15). The highest BCUT2D eigenvalue weighted by atomic mass is 32.2. The number of carbonyl (C=O) groups excluding carboxylic acids is 1. The Morgan fingerprint density at radius 3 is 2.55 bits per heavy atom. The third kappa shape index (κ3) is 4.07. The molecule has 0 aromatic heterocycles. The zero-order valence-corrected chi connectivity index (χ0v) is 12.9. The van der Waals surface area contributed by atoms with Gasteiger partial charge in [-0.05, 0) is 27.2 Å². The van der Waals surface area contributed by atoms with E-state index in [-0.39, 0.29) is 17.3 Å². The molecular weight excluding hydrogens is 284 g/mol. The molecule has 1 amide bonds. The van der Waals surface area contributed by atoms with E-state index in [1.807, 2.05) is 4.72 Å². The van der Waals surface area contributed by atoms with E-state index in [9.17, 15) is 13.2 Å². The van der Waals surface area contributed by atoms with Crippen molar-refractivity contribution in [3.63, 3.8) is 0 Å². The summed E-state index contributed by atoms with van der Waals surface area (Å²) in [6.07, 6.45) is -0.609. The van der Waals surface area contributed by atoms with E-state index < -0.39 is 21.7 Å². The van der Waals surface area contributed by atoms with Gasteiger partial charge in [-0.3, -0.25) is 0 Å². The van der Waals surface area contributed by atoms with Crippen LogP contribution in [0, 0.1) is 5.41 Å². The van der Waals surface area contributed by atoms with E-state index in [0.29, 0.717) is 13.0 Å². The van der Waals surface area contributed by atoms with Gasteiger partial charge in [0.1, 0.15) is 5.60 Å². The molecule has 1 spiro atoms. The van der Waals surface area contributed by atoms with Gasteiger partial charge in [0.25, 0.3) is 0 Å². The predicted octanol–water partition coefficient (Wildman–Crippen LogP) is 0.219. The van der Waals surface area contributed by atoms with Crippen LogP contribution < -0.4 is 10.0 Å². The normalized spacial score (nSPS) is 25.2. The average Bonchev–Trinajstić information content (AvgIpc) is 2.55. The second kappa shape index (κ2) is 5.16. The molecule has 2 N–H and O–H groups in total. The Bertz CT molecular complexity index is 479. The van der Waals surface area contributed by atoms with Crippen LogP contribution in [0.4, 0.5) is 4.79 Å². The molecule has 0 bridgehead atoms. The van der Waals surface area contributed by atoms with Gasteiger partial charge in [-0.15, -0.1) is 0 Å². The quantitative estimate of drug-likeness (QED) is 0.775. The van der Waals surface area contributed by atoms with Crippen molar-refractivity contribution >= 4 is 16.1 Å². The Morgan fingerprint density at radius 2 is 2.10 bits per heavy atom. The summed E-state index contributed by atoms with van der Waals surface area (Å²) in [4.78, 5) is 11.5. The zero-order chi connectivity index (χ0) is 15.0. The monoisotopic (exact) mass is 306 g/mol. The Balaban J connectivity index is 1.84. The smallest absolute Gasteiger partial charge is 0.421 e. The molecular formula is C12H22N2O5S. The fourth-order valence-corrected chi connectivity index (χ4v) is 3.52. The van der Waals surface area contributed by atoms with Gasteiger partial charge in [0, 0.05) is 18.5 Å². The average molecular weight is 306 g/mol. The van der Waals surface area contributed by atoms with Gasteiger partial charge in [0.15, 0.2) is 0 Å². The first-order valence-electron chi connectivity index (χ1n) is 6.65. The summed E-state index contributed by atoms with van der Waals surface area (Å²) in [7, 11) is -3.74. The molecule has 1 atom stereocenters. The highest BCUT2D eigenvalue weighted by Gasteiger charge is 2.45. The predicted molar refractivity (Wildman–Crippen MR) is 72.8 cm³/mol. The molecule has 2 aliphatic heterocycles. The van der Waals surface area contributed by atoms with Crippen LogP contribution in [0.3, 0.4) is 0 Å². The minimum absolute atomic E-state index is 0.0894. The Hall–Kier alpha value is -0.860. The molecule has 0 saturated carbocycles. The number of nitrogens with one attached hydrogen (secondary N) is 2. The second-order valence-corrected chi connectivity index (χ2v) is 8.39. The van der Waals surface area contributed by atoms with Gasteiger partial charge < -0.3 is 14.8 Å². The number of ether oxygens (including phenoxy) is 2. The zero-order valence-electron chi connectivity index (χ0n) is 12.1. The van der Waals surface area contributed by atoms with E-state index in [4.69, 9.17) is 9.47 Å². The summed E-state index contributed by atoms with van der Waals surface area (Å²) in [5.41, 5.74) is -0.642. The molecule has 2 fully saturated rings. The minimum Gasteiger partial charge on any atom is -0.443 e. The third-order valence-electron chi connectivity index (χ3n) is 3.33. The lowest BCUT2D eigenvalue weighted by Crippen LogP contribution is -2.54. The maximum atomic E-state index is 11.9. The number of hydrogen-bond donors (Lipinski definition) is 2. The van der Waals surface area contributed by atoms with Crippen molar-refractivity contribution in [1.82, 2.24) is 10.0 Å². The Morgan fingerprint density at radius 1 is 1.45 bits per heavy atom. The first kappa shape index (κ1) is 15.5. The first-order chi connectivity index (χ1) is 9.09. The summed E-state index contributed by atoms with van der Waals surface area (Å²) >= 11 is 0. The lowest BCUT2D eigenvalue weighted by molar-refractivity contribution is 0.0569. The van der Waals surface area contributed by atoms with E-state index in [0.717, 1.165) is 13.1 Å². The van der Waals surface area contributed by atoms with Crippen molar-refractivity contribution in [2.75, 3.05) is 25.4 Å². The van der Waals surface area contributed by atoms with Crippen LogP contribution >= 0.6 is 0 Å². The van der Waals surface area contributed by atoms with Crippen molar-refractivity contribution < 1.29 is 22.7 Å². The van der Waals surface area contributed by atoms with Crippen LogP contribution in [-0.4, -0.2) is 51.7 Å². The van der Waals surface area contributed by atoms with Gasteiger partial charge in [0.2, 0.25) is 10.0 Å². The number of sulfonamides is 1. The molecule has 7 nitrogen and oxygen atoms in total. The number of carbonyl (C=O) groups is 1. The lowest BCUT2D eigenvalue weighted by atomic mass is 9.80. The van der Waals surface area contributed by atoms with Crippen LogP contribution in [0.2, 0.25) is 0 Å². The Labute approximate surface area is 119 Å². The minimum atomic E-state index is -3.74. The van der Waals surface area contributed by atoms with Crippen molar-refractivity contribution in [3.05, 3.63) is 0 Å². The molecule has 8 heteroatoms. The van der Waals surface area contributed by atoms with Crippen LogP contribution in [0.1, 0.15) is 27.2 Å². The van der Waals surface area contributed by atoms with Gasteiger partial charge in [-0.1, -0.05) is 0 Å². The highest BCUT2D eigenvalue weighted by Crippen LogP contribution is 2.36. The van der Waals surface area contributed by atoms with Crippen molar-refractivity contribution in [1.29, 1.82) is 0 Å². The molecule has 0 aromatic rings. The Kier molecular flexibility index (Phi) is 4.01. The second-order valence-electron chi connectivity index (χ2n) is 6.63. The topological polar surface area (TPSA) is 93.7 Å². The van der Waals surface area contributed by atoms with Crippen LogP contribution in [0.15, 0.2) is 0 Å². The summed E-state index contributed by atoms with van der Waals surface area (Å²) in [6, 6.07) is 0. The van der Waals surface area contributed by atoms with Crippen molar-refractivity contribution in [2.24, 2.45) is 5.41 Å². The number of hydrogen-bond acceptors (Lipinski definition) is 6. The summed E-state index contributed by atoms with van der Waals surface area (Å²) in [5.74, 6) is -0.214.